The van der Waals surface area contributed by atoms with E-state index in [4.69, 9.17) is 26.7 Å². The second kappa shape index (κ2) is 3.55. The van der Waals surface area contributed by atoms with Crippen molar-refractivity contribution in [2.75, 3.05) is 13.2 Å². The fourth-order valence-electron chi connectivity index (χ4n) is 1.40. The first-order valence-electron chi connectivity index (χ1n) is 4.72. The Morgan fingerprint density at radius 3 is 2.00 bits per heavy atom. The van der Waals surface area contributed by atoms with E-state index in [0.29, 0.717) is 0 Å². The lowest BCUT2D eigenvalue weighted by molar-refractivity contribution is -0.293. The van der Waals surface area contributed by atoms with Crippen LogP contribution in [0.5, 0.6) is 0 Å². The van der Waals surface area contributed by atoms with Crippen molar-refractivity contribution < 1.29 is 9.47 Å². The van der Waals surface area contributed by atoms with E-state index >= 15 is 0 Å². The van der Waals surface area contributed by atoms with Crippen LogP contribution >= 0.6 is 0 Å². The number of ether oxygens (including phenoxy) is 2. The summed E-state index contributed by atoms with van der Waals surface area (Å²) in [5.41, 5.74) is 17.0. The van der Waals surface area contributed by atoms with Gasteiger partial charge in [-0.15, -0.1) is 0 Å². The van der Waals surface area contributed by atoms with Crippen LogP contribution in [0.2, 0.25) is 0 Å². The van der Waals surface area contributed by atoms with Crippen molar-refractivity contribution >= 4 is 0 Å². The molecule has 5 heteroatoms. The van der Waals surface area contributed by atoms with Gasteiger partial charge in [0.25, 0.3) is 5.91 Å². The minimum Gasteiger partial charge on any atom is -0.330 e. The largest absolute Gasteiger partial charge is 0.330 e. The quantitative estimate of drug-likeness (QED) is 0.537. The van der Waals surface area contributed by atoms with E-state index in [9.17, 15) is 0 Å². The molecule has 1 aromatic rings. The lowest BCUT2D eigenvalue weighted by Crippen LogP contribution is -2.65. The van der Waals surface area contributed by atoms with Crippen LogP contribution in [0.25, 0.3) is 0 Å². The van der Waals surface area contributed by atoms with Crippen molar-refractivity contribution in [2.45, 2.75) is 11.6 Å². The maximum absolute atomic E-state index is 5.95. The predicted octanol–water partition coefficient (Wildman–Crippen LogP) is -0.584. The van der Waals surface area contributed by atoms with E-state index in [1.165, 1.54) is 0 Å². The topological polar surface area (TPSA) is 96.5 Å². The first-order valence-corrected chi connectivity index (χ1v) is 4.72. The van der Waals surface area contributed by atoms with Gasteiger partial charge in [-0.3, -0.25) is 5.73 Å². The Morgan fingerprint density at radius 2 is 1.47 bits per heavy atom. The lowest BCUT2D eigenvalue weighted by atomic mass is 10.1. The maximum Gasteiger partial charge on any atom is 0.253 e. The molecule has 0 unspecified atom stereocenters. The highest BCUT2D eigenvalue weighted by molar-refractivity contribution is 5.19. The minimum atomic E-state index is -1.23. The molecule has 0 aliphatic carbocycles. The molecular formula is C10H15N3O2. The van der Waals surface area contributed by atoms with E-state index in [-0.39, 0.29) is 13.2 Å². The highest BCUT2D eigenvalue weighted by Gasteiger charge is 2.39. The Hall–Kier alpha value is -0.980. The molecule has 15 heavy (non-hydrogen) atoms. The Kier molecular flexibility index (Phi) is 2.49. The summed E-state index contributed by atoms with van der Waals surface area (Å²) in [7, 11) is 0. The summed E-state index contributed by atoms with van der Waals surface area (Å²) in [6, 6.07) is 9.29. The number of benzene rings is 1. The van der Waals surface area contributed by atoms with Crippen LogP contribution in [0.15, 0.2) is 30.3 Å². The molecule has 82 valence electrons. The molecule has 1 fully saturated rings. The van der Waals surface area contributed by atoms with E-state index < -0.39 is 11.6 Å². The zero-order valence-corrected chi connectivity index (χ0v) is 8.35. The van der Waals surface area contributed by atoms with Crippen LogP contribution in [0.1, 0.15) is 5.56 Å². The minimum absolute atomic E-state index is 0.165. The van der Waals surface area contributed by atoms with Crippen molar-refractivity contribution in [1.82, 2.24) is 0 Å². The highest BCUT2D eigenvalue weighted by Crippen LogP contribution is 2.26. The Balaban J connectivity index is 2.17. The van der Waals surface area contributed by atoms with Crippen molar-refractivity contribution in [2.24, 2.45) is 17.2 Å². The van der Waals surface area contributed by atoms with Gasteiger partial charge in [0.2, 0.25) is 0 Å². The number of rotatable bonds is 1. The van der Waals surface area contributed by atoms with E-state index in [1.807, 2.05) is 30.3 Å². The molecule has 6 N–H and O–H groups in total. The van der Waals surface area contributed by atoms with Crippen LogP contribution in [0.4, 0.5) is 0 Å². The molecule has 5 nitrogen and oxygen atoms in total. The molecule has 1 heterocycles. The van der Waals surface area contributed by atoms with Gasteiger partial charge in [0, 0.05) is 5.56 Å². The first kappa shape index (κ1) is 10.5. The molecule has 0 radical (unpaired) electrons. The standard InChI is InChI=1S/C10H15N3O2/c11-9(12)6-14-10(13,15-7-9)8-4-2-1-3-5-8/h1-5H,6-7,11-13H2. The van der Waals surface area contributed by atoms with Gasteiger partial charge in [-0.2, -0.15) is 0 Å². The molecule has 0 amide bonds. The van der Waals surface area contributed by atoms with Crippen LogP contribution in [0.3, 0.4) is 0 Å². The third-order valence-electron chi connectivity index (χ3n) is 2.29. The van der Waals surface area contributed by atoms with Gasteiger partial charge in [0.15, 0.2) is 0 Å². The van der Waals surface area contributed by atoms with Crippen LogP contribution in [0, 0.1) is 0 Å². The normalized spacial score (nSPS) is 23.7. The van der Waals surface area contributed by atoms with Crippen molar-refractivity contribution in [3.05, 3.63) is 35.9 Å². The summed E-state index contributed by atoms with van der Waals surface area (Å²) >= 11 is 0. The summed E-state index contributed by atoms with van der Waals surface area (Å²) in [6.07, 6.45) is 0. The summed E-state index contributed by atoms with van der Waals surface area (Å²) in [6.45, 7) is 0.330. The molecule has 1 saturated heterocycles. The maximum atomic E-state index is 5.95. The molecule has 1 aliphatic heterocycles. The molecule has 0 atom stereocenters. The van der Waals surface area contributed by atoms with E-state index in [2.05, 4.69) is 0 Å². The molecule has 0 spiro atoms. The zero-order chi connectivity index (χ0) is 10.9. The third kappa shape index (κ3) is 2.17. The number of hydrogen-bond donors (Lipinski definition) is 3. The van der Waals surface area contributed by atoms with Crippen molar-refractivity contribution in [1.29, 1.82) is 0 Å². The Bertz CT molecular complexity index is 330. The number of nitrogens with two attached hydrogens (primary N) is 3. The molecule has 0 aromatic heterocycles. The van der Waals surface area contributed by atoms with Crippen LogP contribution < -0.4 is 17.2 Å². The van der Waals surface area contributed by atoms with Gasteiger partial charge in [-0.25, -0.2) is 0 Å². The molecule has 1 aromatic carbocycles. The highest BCUT2D eigenvalue weighted by atomic mass is 16.7. The summed E-state index contributed by atoms with van der Waals surface area (Å²) < 4.78 is 10.7. The van der Waals surface area contributed by atoms with Crippen molar-refractivity contribution in [3.8, 4) is 0 Å². The van der Waals surface area contributed by atoms with Crippen LogP contribution in [-0.2, 0) is 15.4 Å². The second-order valence-corrected chi connectivity index (χ2v) is 3.84. The van der Waals surface area contributed by atoms with E-state index in [1.54, 1.807) is 0 Å². The zero-order valence-electron chi connectivity index (χ0n) is 8.35. The number of hydrogen-bond acceptors (Lipinski definition) is 5. The van der Waals surface area contributed by atoms with Gasteiger partial charge in [-0.05, 0) is 0 Å². The van der Waals surface area contributed by atoms with Gasteiger partial charge < -0.3 is 20.9 Å². The summed E-state index contributed by atoms with van der Waals surface area (Å²) in [4.78, 5) is 0. The first-order chi connectivity index (χ1) is 7.02. The summed E-state index contributed by atoms with van der Waals surface area (Å²) in [5, 5.41) is 0. The molecule has 1 aliphatic rings. The van der Waals surface area contributed by atoms with Gasteiger partial charge in [0.05, 0.1) is 13.2 Å². The van der Waals surface area contributed by atoms with Gasteiger partial charge in [-0.1, -0.05) is 30.3 Å². The fraction of sp³-hybridized carbons (Fsp3) is 0.400. The Morgan fingerprint density at radius 1 is 0.933 bits per heavy atom. The van der Waals surface area contributed by atoms with Gasteiger partial charge >= 0.3 is 0 Å². The smallest absolute Gasteiger partial charge is 0.253 e. The molecule has 0 bridgehead atoms. The third-order valence-corrected chi connectivity index (χ3v) is 2.29. The molecule has 0 saturated carbocycles. The second-order valence-electron chi connectivity index (χ2n) is 3.84. The van der Waals surface area contributed by atoms with Crippen LogP contribution in [-0.4, -0.2) is 18.9 Å². The van der Waals surface area contributed by atoms with Crippen molar-refractivity contribution in [3.63, 3.8) is 0 Å². The predicted molar refractivity (Wildman–Crippen MR) is 55.3 cm³/mol. The molecular weight excluding hydrogens is 194 g/mol. The lowest BCUT2D eigenvalue weighted by Gasteiger charge is -2.40. The van der Waals surface area contributed by atoms with Gasteiger partial charge in [0.1, 0.15) is 5.66 Å². The summed E-state index contributed by atoms with van der Waals surface area (Å²) in [5.74, 6) is -1.23. The average Bonchev–Trinajstić information content (AvgIpc) is 2.24. The average molecular weight is 209 g/mol. The molecule has 2 rings (SSSR count). The monoisotopic (exact) mass is 209 g/mol. The Labute approximate surface area is 88.1 Å². The SMILES string of the molecule is NC1(N)COC(N)(c2ccccc2)OC1. The fourth-order valence-corrected chi connectivity index (χ4v) is 1.40. The van der Waals surface area contributed by atoms with E-state index in [0.717, 1.165) is 5.56 Å².